The summed E-state index contributed by atoms with van der Waals surface area (Å²) in [4.78, 5) is 14.6. The van der Waals surface area contributed by atoms with Gasteiger partial charge < -0.3 is 19.1 Å². The summed E-state index contributed by atoms with van der Waals surface area (Å²) >= 11 is 3.24. The maximum absolute atomic E-state index is 13.2. The van der Waals surface area contributed by atoms with E-state index in [0.717, 1.165) is 18.4 Å². The van der Waals surface area contributed by atoms with Crippen LogP contribution >= 0.6 is 15.9 Å². The lowest BCUT2D eigenvalue weighted by Gasteiger charge is -2.26. The number of carbonyl (C=O) groups is 1. The molecule has 1 fully saturated rings. The van der Waals surface area contributed by atoms with Crippen LogP contribution in [0.15, 0.2) is 40.9 Å². The third-order valence-corrected chi connectivity index (χ3v) is 5.24. The Morgan fingerprint density at radius 2 is 2.00 bits per heavy atom. The number of likely N-dealkylation sites (tertiary alicyclic amines) is 1. The Bertz CT molecular complexity index is 830. The maximum atomic E-state index is 13.2. The van der Waals surface area contributed by atoms with Crippen LogP contribution in [-0.2, 0) is 4.79 Å². The summed E-state index contributed by atoms with van der Waals surface area (Å²) in [5, 5.41) is 0. The molecule has 1 aliphatic heterocycles. The smallest absolute Gasteiger partial charge is 0.261 e. The molecular weight excluding hydrogens is 417 g/mol. The molecule has 0 bridgehead atoms. The van der Waals surface area contributed by atoms with E-state index in [9.17, 15) is 9.18 Å². The number of amides is 1. The van der Waals surface area contributed by atoms with Crippen LogP contribution in [0.3, 0.4) is 0 Å². The largest absolute Gasteiger partial charge is 0.497 e. The average Bonchev–Trinajstić information content (AvgIpc) is 3.16. The van der Waals surface area contributed by atoms with Crippen molar-refractivity contribution in [1.82, 2.24) is 4.90 Å². The van der Waals surface area contributed by atoms with Gasteiger partial charge in [-0.05, 0) is 59.1 Å². The fraction of sp³-hybridized carbons (Fsp3) is 0.350. The number of hydrogen-bond acceptors (Lipinski definition) is 4. The van der Waals surface area contributed by atoms with Crippen molar-refractivity contribution in [3.63, 3.8) is 0 Å². The first-order chi connectivity index (χ1) is 13.0. The van der Waals surface area contributed by atoms with E-state index >= 15 is 0 Å². The standard InChI is InChI=1S/C20H21BrFNO4/c1-25-14-6-7-15(19(11-14)26-2)17-4-3-9-23(17)20(24)12-27-18-8-5-13(22)10-16(18)21/h5-8,10-11,17H,3-4,9,12H2,1-2H3. The zero-order valence-corrected chi connectivity index (χ0v) is 16.8. The van der Waals surface area contributed by atoms with Crippen molar-refractivity contribution >= 4 is 21.8 Å². The third-order valence-electron chi connectivity index (χ3n) is 4.62. The second-order valence-electron chi connectivity index (χ2n) is 6.22. The molecule has 1 saturated heterocycles. The van der Waals surface area contributed by atoms with E-state index in [2.05, 4.69) is 15.9 Å². The Morgan fingerprint density at radius 3 is 2.70 bits per heavy atom. The minimum absolute atomic E-state index is 0.0707. The van der Waals surface area contributed by atoms with E-state index in [1.54, 1.807) is 14.2 Å². The van der Waals surface area contributed by atoms with Gasteiger partial charge in [-0.15, -0.1) is 0 Å². The molecule has 7 heteroatoms. The van der Waals surface area contributed by atoms with Crippen LogP contribution in [0.1, 0.15) is 24.4 Å². The molecule has 144 valence electrons. The van der Waals surface area contributed by atoms with Crippen molar-refractivity contribution in [2.45, 2.75) is 18.9 Å². The number of ether oxygens (including phenoxy) is 3. The Hall–Kier alpha value is -2.28. The van der Waals surface area contributed by atoms with Crippen molar-refractivity contribution in [2.75, 3.05) is 27.4 Å². The highest BCUT2D eigenvalue weighted by Crippen LogP contribution is 2.38. The quantitative estimate of drug-likeness (QED) is 0.673. The van der Waals surface area contributed by atoms with Gasteiger partial charge in [0.2, 0.25) is 0 Å². The first-order valence-electron chi connectivity index (χ1n) is 8.62. The number of benzene rings is 2. The molecule has 0 aromatic heterocycles. The fourth-order valence-corrected chi connectivity index (χ4v) is 3.76. The lowest BCUT2D eigenvalue weighted by Crippen LogP contribution is -2.34. The Morgan fingerprint density at radius 1 is 1.19 bits per heavy atom. The SMILES string of the molecule is COc1ccc(C2CCCN2C(=O)COc2ccc(F)cc2Br)c(OC)c1. The van der Waals surface area contributed by atoms with E-state index in [-0.39, 0.29) is 24.4 Å². The lowest BCUT2D eigenvalue weighted by molar-refractivity contribution is -0.134. The van der Waals surface area contributed by atoms with Gasteiger partial charge in [-0.1, -0.05) is 0 Å². The Kier molecular flexibility index (Phi) is 6.21. The highest BCUT2D eigenvalue weighted by atomic mass is 79.9. The van der Waals surface area contributed by atoms with Gasteiger partial charge in [-0.25, -0.2) is 4.39 Å². The molecule has 0 radical (unpaired) electrons. The van der Waals surface area contributed by atoms with Crippen molar-refractivity contribution in [3.05, 3.63) is 52.3 Å². The van der Waals surface area contributed by atoms with Gasteiger partial charge in [-0.3, -0.25) is 4.79 Å². The van der Waals surface area contributed by atoms with E-state index in [1.165, 1.54) is 18.2 Å². The maximum Gasteiger partial charge on any atom is 0.261 e. The summed E-state index contributed by atoms with van der Waals surface area (Å²) in [5.41, 5.74) is 0.951. The van der Waals surface area contributed by atoms with Gasteiger partial charge >= 0.3 is 0 Å². The van der Waals surface area contributed by atoms with Crippen LogP contribution in [0.2, 0.25) is 0 Å². The van der Waals surface area contributed by atoms with Crippen molar-refractivity contribution in [3.8, 4) is 17.2 Å². The number of carbonyl (C=O) groups excluding carboxylic acids is 1. The molecule has 2 aromatic carbocycles. The lowest BCUT2D eigenvalue weighted by atomic mass is 10.0. The van der Waals surface area contributed by atoms with Crippen molar-refractivity contribution in [2.24, 2.45) is 0 Å². The van der Waals surface area contributed by atoms with Crippen LogP contribution < -0.4 is 14.2 Å². The van der Waals surface area contributed by atoms with Crippen LogP contribution in [0, 0.1) is 5.82 Å². The minimum Gasteiger partial charge on any atom is -0.497 e. The molecule has 1 aliphatic rings. The normalized spacial score (nSPS) is 16.3. The zero-order chi connectivity index (χ0) is 19.4. The van der Waals surface area contributed by atoms with Crippen LogP contribution in [0.4, 0.5) is 4.39 Å². The summed E-state index contributed by atoms with van der Waals surface area (Å²) in [6, 6.07) is 9.66. The molecule has 1 atom stereocenters. The number of rotatable bonds is 6. The highest BCUT2D eigenvalue weighted by molar-refractivity contribution is 9.10. The Balaban J connectivity index is 1.73. The molecule has 0 saturated carbocycles. The fourth-order valence-electron chi connectivity index (χ4n) is 3.30. The molecule has 0 aliphatic carbocycles. The summed E-state index contributed by atoms with van der Waals surface area (Å²) in [7, 11) is 3.21. The van der Waals surface area contributed by atoms with Gasteiger partial charge in [-0.2, -0.15) is 0 Å². The number of halogens is 2. The molecule has 1 unspecified atom stereocenters. The van der Waals surface area contributed by atoms with E-state index < -0.39 is 0 Å². The van der Waals surface area contributed by atoms with E-state index in [4.69, 9.17) is 14.2 Å². The highest BCUT2D eigenvalue weighted by Gasteiger charge is 2.32. The van der Waals surface area contributed by atoms with Crippen molar-refractivity contribution in [1.29, 1.82) is 0 Å². The summed E-state index contributed by atoms with van der Waals surface area (Å²) in [6.07, 6.45) is 1.76. The summed E-state index contributed by atoms with van der Waals surface area (Å²) < 4.78 is 30.0. The Labute approximate surface area is 166 Å². The minimum atomic E-state index is -0.369. The molecule has 5 nitrogen and oxygen atoms in total. The van der Waals surface area contributed by atoms with Gasteiger partial charge in [0.05, 0.1) is 24.7 Å². The molecule has 3 rings (SSSR count). The van der Waals surface area contributed by atoms with Gasteiger partial charge in [0, 0.05) is 18.2 Å². The molecule has 0 N–H and O–H groups in total. The summed E-state index contributed by atoms with van der Waals surface area (Å²) in [6.45, 7) is 0.547. The summed E-state index contributed by atoms with van der Waals surface area (Å²) in [5.74, 6) is 1.35. The molecule has 27 heavy (non-hydrogen) atoms. The van der Waals surface area contributed by atoms with Gasteiger partial charge in [0.25, 0.3) is 5.91 Å². The number of nitrogens with zero attached hydrogens (tertiary/aromatic N) is 1. The van der Waals surface area contributed by atoms with Gasteiger partial charge in [0.1, 0.15) is 23.1 Å². The van der Waals surface area contributed by atoms with Crippen LogP contribution in [-0.4, -0.2) is 38.2 Å². The number of hydrogen-bond donors (Lipinski definition) is 0. The van der Waals surface area contributed by atoms with Crippen molar-refractivity contribution < 1.29 is 23.4 Å². The molecule has 1 amide bonds. The second kappa shape index (κ2) is 8.61. The molecular formula is C20H21BrFNO4. The predicted octanol–water partition coefficient (Wildman–Crippen LogP) is 4.35. The molecule has 2 aromatic rings. The van der Waals surface area contributed by atoms with E-state index in [1.807, 2.05) is 23.1 Å². The first kappa shape index (κ1) is 19.5. The van der Waals surface area contributed by atoms with Gasteiger partial charge in [0.15, 0.2) is 6.61 Å². The average molecular weight is 438 g/mol. The monoisotopic (exact) mass is 437 g/mol. The number of methoxy groups -OCH3 is 2. The van der Waals surface area contributed by atoms with Crippen LogP contribution in [0.5, 0.6) is 17.2 Å². The third kappa shape index (κ3) is 4.35. The second-order valence-corrected chi connectivity index (χ2v) is 7.07. The zero-order valence-electron chi connectivity index (χ0n) is 15.2. The topological polar surface area (TPSA) is 48.0 Å². The van der Waals surface area contributed by atoms with E-state index in [0.29, 0.717) is 28.3 Å². The molecule has 1 heterocycles. The predicted molar refractivity (Wildman–Crippen MR) is 103 cm³/mol. The first-order valence-corrected chi connectivity index (χ1v) is 9.42. The van der Waals surface area contributed by atoms with Crippen LogP contribution in [0.25, 0.3) is 0 Å². The molecule has 0 spiro atoms.